The first-order valence-electron chi connectivity index (χ1n) is 10.2. The minimum atomic E-state index is -1.02. The van der Waals surface area contributed by atoms with E-state index < -0.39 is 24.5 Å². The molecule has 4 rings (SSSR count). The van der Waals surface area contributed by atoms with Gasteiger partial charge in [-0.3, -0.25) is 19.3 Å². The minimum Gasteiger partial charge on any atom is -0.454 e. The highest BCUT2D eigenvalue weighted by atomic mass is 16.5. The molecule has 1 heterocycles. The average Bonchev–Trinajstić information content (AvgIpc) is 3.36. The van der Waals surface area contributed by atoms with Gasteiger partial charge in [0.15, 0.2) is 6.61 Å². The Hall–Kier alpha value is -2.70. The lowest BCUT2D eigenvalue weighted by Gasteiger charge is -2.23. The number of hydrogen-bond donors (Lipinski definition) is 1. The number of anilines is 1. The average molecular weight is 398 g/mol. The molecule has 1 saturated heterocycles. The summed E-state index contributed by atoms with van der Waals surface area (Å²) in [5.41, 5.74) is 2.56. The maximum Gasteiger partial charge on any atom is 0.329 e. The van der Waals surface area contributed by atoms with E-state index in [1.165, 1.54) is 6.92 Å². The number of benzene rings is 1. The van der Waals surface area contributed by atoms with E-state index in [-0.39, 0.29) is 35.5 Å². The number of rotatable bonds is 5. The first kappa shape index (κ1) is 19.6. The Labute approximate surface area is 169 Å². The number of fused-ring (bicyclic) bond motifs is 5. The van der Waals surface area contributed by atoms with Crippen molar-refractivity contribution in [3.63, 3.8) is 0 Å². The van der Waals surface area contributed by atoms with Gasteiger partial charge in [0.25, 0.3) is 5.91 Å². The van der Waals surface area contributed by atoms with Crippen LogP contribution in [0.2, 0.25) is 0 Å². The molecule has 0 unspecified atom stereocenters. The van der Waals surface area contributed by atoms with Crippen molar-refractivity contribution in [1.82, 2.24) is 4.90 Å². The molecule has 1 aromatic rings. The highest BCUT2D eigenvalue weighted by Gasteiger charge is 2.62. The van der Waals surface area contributed by atoms with E-state index >= 15 is 0 Å². The van der Waals surface area contributed by atoms with E-state index in [9.17, 15) is 19.2 Å². The zero-order chi connectivity index (χ0) is 20.9. The molecule has 3 amide bonds. The number of carbonyl (C=O) groups excluding carboxylic acids is 4. The Morgan fingerprint density at radius 2 is 1.76 bits per heavy atom. The van der Waals surface area contributed by atoms with Gasteiger partial charge in [-0.1, -0.05) is 12.1 Å². The van der Waals surface area contributed by atoms with Gasteiger partial charge in [-0.25, -0.2) is 4.79 Å². The SMILES string of the molecule is Cc1ccc(C)c(NC(=O)COC(=O)[C@H](C)N2C(=O)[C@@H]3[C@H]4CC[C@@H](C4)[C@@H]3C2=O)c1. The van der Waals surface area contributed by atoms with Gasteiger partial charge in [0.05, 0.1) is 11.8 Å². The molecule has 1 N–H and O–H groups in total. The molecule has 1 aromatic carbocycles. The van der Waals surface area contributed by atoms with Crippen LogP contribution in [0.1, 0.15) is 37.3 Å². The predicted molar refractivity (Wildman–Crippen MR) is 105 cm³/mol. The van der Waals surface area contributed by atoms with Crippen molar-refractivity contribution in [2.75, 3.05) is 11.9 Å². The van der Waals surface area contributed by atoms with Crippen LogP contribution in [0.3, 0.4) is 0 Å². The van der Waals surface area contributed by atoms with Gasteiger partial charge in [-0.2, -0.15) is 0 Å². The predicted octanol–water partition coefficient (Wildman–Crippen LogP) is 2.20. The van der Waals surface area contributed by atoms with E-state index in [1.807, 2.05) is 32.0 Å². The second kappa shape index (κ2) is 7.28. The smallest absolute Gasteiger partial charge is 0.329 e. The fourth-order valence-electron chi connectivity index (χ4n) is 5.23. The van der Waals surface area contributed by atoms with Crippen LogP contribution in [0, 0.1) is 37.5 Å². The van der Waals surface area contributed by atoms with Gasteiger partial charge < -0.3 is 10.1 Å². The van der Waals surface area contributed by atoms with Gasteiger partial charge in [-0.15, -0.1) is 0 Å². The molecule has 29 heavy (non-hydrogen) atoms. The van der Waals surface area contributed by atoms with E-state index in [2.05, 4.69) is 5.32 Å². The zero-order valence-electron chi connectivity index (χ0n) is 16.9. The van der Waals surface area contributed by atoms with E-state index in [4.69, 9.17) is 4.74 Å². The van der Waals surface area contributed by atoms with Crippen molar-refractivity contribution < 1.29 is 23.9 Å². The van der Waals surface area contributed by atoms with Gasteiger partial charge in [-0.05, 0) is 69.1 Å². The zero-order valence-corrected chi connectivity index (χ0v) is 16.9. The number of imide groups is 1. The molecule has 154 valence electrons. The number of carbonyl (C=O) groups is 4. The van der Waals surface area contributed by atoms with E-state index in [1.54, 1.807) is 0 Å². The Bertz CT molecular complexity index is 867. The van der Waals surface area contributed by atoms with Crippen molar-refractivity contribution in [2.24, 2.45) is 23.7 Å². The number of aryl methyl sites for hydroxylation is 2. The van der Waals surface area contributed by atoms with Crippen molar-refractivity contribution in [1.29, 1.82) is 0 Å². The third-order valence-corrected chi connectivity index (χ3v) is 6.70. The van der Waals surface area contributed by atoms with Crippen LogP contribution in [0.5, 0.6) is 0 Å². The number of amides is 3. The van der Waals surface area contributed by atoms with Crippen LogP contribution in [0.4, 0.5) is 5.69 Å². The molecule has 7 heteroatoms. The topological polar surface area (TPSA) is 92.8 Å². The van der Waals surface area contributed by atoms with Crippen LogP contribution in [0.15, 0.2) is 18.2 Å². The van der Waals surface area contributed by atoms with Crippen LogP contribution in [-0.2, 0) is 23.9 Å². The quantitative estimate of drug-likeness (QED) is 0.606. The number of ether oxygens (including phenoxy) is 1. The lowest BCUT2D eigenvalue weighted by molar-refractivity contribution is -0.159. The lowest BCUT2D eigenvalue weighted by Crippen LogP contribution is -2.45. The van der Waals surface area contributed by atoms with Crippen molar-refractivity contribution >= 4 is 29.4 Å². The summed E-state index contributed by atoms with van der Waals surface area (Å²) >= 11 is 0. The Morgan fingerprint density at radius 1 is 1.14 bits per heavy atom. The standard InChI is InChI=1S/C22H26N2O5/c1-11-4-5-12(2)16(8-11)23-17(25)10-29-22(28)13(3)24-20(26)18-14-6-7-15(9-14)19(18)21(24)27/h4-5,8,13-15,18-19H,6-7,9-10H2,1-3H3,(H,23,25)/t13-,14-,15-,18-,19+/m0/s1. The third kappa shape index (κ3) is 3.32. The third-order valence-electron chi connectivity index (χ3n) is 6.70. The lowest BCUT2D eigenvalue weighted by atomic mass is 9.81. The van der Waals surface area contributed by atoms with Crippen LogP contribution >= 0.6 is 0 Å². The highest BCUT2D eigenvalue weighted by Crippen LogP contribution is 2.56. The van der Waals surface area contributed by atoms with Gasteiger partial charge >= 0.3 is 5.97 Å². The molecule has 2 bridgehead atoms. The van der Waals surface area contributed by atoms with Crippen molar-refractivity contribution in [3.8, 4) is 0 Å². The van der Waals surface area contributed by atoms with Gasteiger partial charge in [0.1, 0.15) is 6.04 Å². The summed E-state index contributed by atoms with van der Waals surface area (Å²) in [4.78, 5) is 51.3. The summed E-state index contributed by atoms with van der Waals surface area (Å²) in [6.45, 7) is 4.81. The molecule has 3 aliphatic rings. The molecular weight excluding hydrogens is 372 g/mol. The first-order chi connectivity index (χ1) is 13.8. The second-order valence-electron chi connectivity index (χ2n) is 8.58. The Balaban J connectivity index is 1.35. The number of esters is 1. The number of nitrogens with one attached hydrogen (secondary N) is 1. The fourth-order valence-corrected chi connectivity index (χ4v) is 5.23. The van der Waals surface area contributed by atoms with E-state index in [0.717, 1.165) is 35.3 Å². The molecule has 1 aliphatic heterocycles. The summed E-state index contributed by atoms with van der Waals surface area (Å²) in [7, 11) is 0. The molecular formula is C22H26N2O5. The first-order valence-corrected chi connectivity index (χ1v) is 10.2. The normalized spacial score (nSPS) is 28.4. The Kier molecular flexibility index (Phi) is 4.92. The van der Waals surface area contributed by atoms with Gasteiger partial charge in [0.2, 0.25) is 11.8 Å². The fraction of sp³-hybridized carbons (Fsp3) is 0.545. The maximum absolute atomic E-state index is 12.8. The molecule has 2 saturated carbocycles. The van der Waals surface area contributed by atoms with Crippen molar-refractivity contribution in [2.45, 2.75) is 46.1 Å². The molecule has 0 spiro atoms. The molecule has 0 radical (unpaired) electrons. The Morgan fingerprint density at radius 3 is 2.38 bits per heavy atom. The molecule has 2 aliphatic carbocycles. The van der Waals surface area contributed by atoms with Crippen LogP contribution in [-0.4, -0.2) is 41.2 Å². The molecule has 5 atom stereocenters. The second-order valence-corrected chi connectivity index (χ2v) is 8.58. The summed E-state index contributed by atoms with van der Waals surface area (Å²) in [6, 6.07) is 4.66. The van der Waals surface area contributed by atoms with Crippen LogP contribution < -0.4 is 5.32 Å². The minimum absolute atomic E-state index is 0.253. The summed E-state index contributed by atoms with van der Waals surface area (Å²) in [5, 5.41) is 2.72. The molecule has 0 aromatic heterocycles. The number of nitrogens with zero attached hydrogens (tertiary/aromatic N) is 1. The largest absolute Gasteiger partial charge is 0.454 e. The van der Waals surface area contributed by atoms with Crippen LogP contribution in [0.25, 0.3) is 0 Å². The number of hydrogen-bond acceptors (Lipinski definition) is 5. The van der Waals surface area contributed by atoms with Crippen molar-refractivity contribution in [3.05, 3.63) is 29.3 Å². The highest BCUT2D eigenvalue weighted by molar-refractivity contribution is 6.08. The van der Waals surface area contributed by atoms with Gasteiger partial charge in [0, 0.05) is 5.69 Å². The van der Waals surface area contributed by atoms with E-state index in [0.29, 0.717) is 5.69 Å². The summed E-state index contributed by atoms with van der Waals surface area (Å²) < 4.78 is 5.11. The molecule has 3 fully saturated rings. The summed E-state index contributed by atoms with van der Waals surface area (Å²) in [6.07, 6.45) is 2.91. The monoisotopic (exact) mass is 398 g/mol. The molecule has 7 nitrogen and oxygen atoms in total. The summed E-state index contributed by atoms with van der Waals surface area (Å²) in [5.74, 6) is -1.74. The number of likely N-dealkylation sites (tertiary alicyclic amines) is 1. The maximum atomic E-state index is 12.8.